The van der Waals surface area contributed by atoms with Crippen molar-refractivity contribution >= 4 is 64.1 Å². The summed E-state index contributed by atoms with van der Waals surface area (Å²) in [6.07, 6.45) is 4.69. The first-order chi connectivity index (χ1) is 15.0. The Morgan fingerprint density at radius 3 is 2.68 bits per heavy atom. The summed E-state index contributed by atoms with van der Waals surface area (Å²) < 4.78 is 0.314. The molecule has 1 unspecified atom stereocenters. The van der Waals surface area contributed by atoms with Gasteiger partial charge in [0.05, 0.1) is 15.8 Å². The molecular weight excluding hydrogens is 444 g/mol. The molecule has 0 aliphatic heterocycles. The topological polar surface area (TPSA) is 33.2 Å². The summed E-state index contributed by atoms with van der Waals surface area (Å²) in [6, 6.07) is 18.4. The molecule has 0 spiro atoms. The van der Waals surface area contributed by atoms with Gasteiger partial charge in [-0.05, 0) is 47.2 Å². The molecule has 1 aromatic heterocycles. The van der Waals surface area contributed by atoms with Crippen LogP contribution in [0.5, 0.6) is 0 Å². The Labute approximate surface area is 198 Å². The van der Waals surface area contributed by atoms with Gasteiger partial charge in [-0.2, -0.15) is 0 Å². The van der Waals surface area contributed by atoms with Crippen LogP contribution in [0.1, 0.15) is 34.7 Å². The van der Waals surface area contributed by atoms with Crippen molar-refractivity contribution in [2.24, 2.45) is 0 Å². The molecule has 3 aromatic rings. The molecule has 3 rings (SSSR count). The van der Waals surface area contributed by atoms with E-state index in [1.807, 2.05) is 53.9 Å². The largest absolute Gasteiger partial charge is 0.349 e. The number of thioether (sulfide) groups is 2. The van der Waals surface area contributed by atoms with Crippen LogP contribution >= 0.6 is 35.1 Å². The van der Waals surface area contributed by atoms with E-state index in [0.717, 1.165) is 33.7 Å². The van der Waals surface area contributed by atoms with Crippen molar-refractivity contribution in [2.45, 2.75) is 17.9 Å². The van der Waals surface area contributed by atoms with Crippen LogP contribution in [0.4, 0.5) is 0 Å². The highest BCUT2D eigenvalue weighted by Gasteiger charge is 2.13. The van der Waals surface area contributed by atoms with Gasteiger partial charge in [0, 0.05) is 36.7 Å². The molecule has 0 fully saturated rings. The fraction of sp³-hybridized carbons (Fsp3) is 0.280. The minimum Gasteiger partial charge on any atom is -0.349 e. The summed E-state index contributed by atoms with van der Waals surface area (Å²) in [6.45, 7) is 2.17. The standard InChI is InChI=1S/C25H27ClN2OS2/c1-4-30-25(31-15-14-24(29)28(2)3)20-7-5-6-18(16-20)8-12-22-13-10-19-9-11-21(26)17-23(19)27-22/h5-13,16-17,25H,4,14-15H2,1-3H3/b12-8+. The van der Waals surface area contributed by atoms with E-state index in [-0.39, 0.29) is 5.91 Å². The minimum absolute atomic E-state index is 0.175. The lowest BCUT2D eigenvalue weighted by atomic mass is 10.1. The number of benzene rings is 2. The third-order valence-electron chi connectivity index (χ3n) is 4.71. The summed E-state index contributed by atoms with van der Waals surface area (Å²) in [4.78, 5) is 18.2. The summed E-state index contributed by atoms with van der Waals surface area (Å²) in [5.41, 5.74) is 4.20. The molecule has 2 aromatic carbocycles. The molecule has 0 N–H and O–H groups in total. The van der Waals surface area contributed by atoms with Gasteiger partial charge in [0.25, 0.3) is 0 Å². The van der Waals surface area contributed by atoms with Crippen molar-refractivity contribution in [3.8, 4) is 0 Å². The number of carbonyl (C=O) groups excluding carboxylic acids is 1. The van der Waals surface area contributed by atoms with Crippen LogP contribution in [-0.4, -0.2) is 41.4 Å². The van der Waals surface area contributed by atoms with Crippen molar-refractivity contribution in [1.29, 1.82) is 0 Å². The van der Waals surface area contributed by atoms with Crippen molar-refractivity contribution in [1.82, 2.24) is 9.88 Å². The third-order valence-corrected chi connectivity index (χ3v) is 7.68. The fourth-order valence-corrected chi connectivity index (χ4v) is 5.79. The Morgan fingerprint density at radius 1 is 1.10 bits per heavy atom. The number of nitrogens with zero attached hydrogens (tertiary/aromatic N) is 2. The van der Waals surface area contributed by atoms with Crippen molar-refractivity contribution in [3.05, 3.63) is 76.4 Å². The molecule has 162 valence electrons. The lowest BCUT2D eigenvalue weighted by molar-refractivity contribution is -0.128. The Balaban J connectivity index is 1.72. The second-order valence-electron chi connectivity index (χ2n) is 7.27. The number of amides is 1. The van der Waals surface area contributed by atoms with Crippen LogP contribution in [0.3, 0.4) is 0 Å². The van der Waals surface area contributed by atoms with Crippen LogP contribution in [0.25, 0.3) is 23.1 Å². The van der Waals surface area contributed by atoms with Gasteiger partial charge in [-0.25, -0.2) is 4.98 Å². The maximum Gasteiger partial charge on any atom is 0.222 e. The number of aromatic nitrogens is 1. The summed E-state index contributed by atoms with van der Waals surface area (Å²) in [7, 11) is 3.61. The number of pyridine rings is 1. The third kappa shape index (κ3) is 7.03. The van der Waals surface area contributed by atoms with Gasteiger partial charge >= 0.3 is 0 Å². The number of fused-ring (bicyclic) bond motifs is 1. The van der Waals surface area contributed by atoms with Gasteiger partial charge in [-0.1, -0.05) is 54.9 Å². The van der Waals surface area contributed by atoms with E-state index in [9.17, 15) is 4.79 Å². The average molecular weight is 471 g/mol. The van der Waals surface area contributed by atoms with E-state index < -0.39 is 0 Å². The summed E-state index contributed by atoms with van der Waals surface area (Å²) >= 11 is 9.84. The van der Waals surface area contributed by atoms with Gasteiger partial charge in [0.2, 0.25) is 5.91 Å². The molecule has 0 saturated carbocycles. The molecule has 1 heterocycles. The first-order valence-corrected chi connectivity index (χ1v) is 12.7. The van der Waals surface area contributed by atoms with Gasteiger partial charge < -0.3 is 4.90 Å². The quantitative estimate of drug-likeness (QED) is 0.314. The molecule has 1 amide bonds. The molecule has 0 bridgehead atoms. The zero-order chi connectivity index (χ0) is 22.2. The van der Waals surface area contributed by atoms with E-state index in [4.69, 9.17) is 16.6 Å². The zero-order valence-corrected chi connectivity index (χ0v) is 20.4. The van der Waals surface area contributed by atoms with Crippen LogP contribution in [0, 0.1) is 0 Å². The van der Waals surface area contributed by atoms with Crippen LogP contribution in [0.2, 0.25) is 5.02 Å². The molecule has 0 saturated heterocycles. The summed E-state index contributed by atoms with van der Waals surface area (Å²) in [5.74, 6) is 2.02. The normalized spacial score (nSPS) is 12.4. The number of halogens is 1. The SMILES string of the molecule is CCSC(SCCC(=O)N(C)C)c1cccc(/C=C/c2ccc3ccc(Cl)cc3n2)c1. The molecule has 0 aliphatic carbocycles. The predicted octanol–water partition coefficient (Wildman–Crippen LogP) is 7.02. The lowest BCUT2D eigenvalue weighted by Crippen LogP contribution is -2.21. The number of hydrogen-bond acceptors (Lipinski definition) is 4. The summed E-state index contributed by atoms with van der Waals surface area (Å²) in [5, 5.41) is 1.77. The van der Waals surface area contributed by atoms with E-state index in [1.54, 1.807) is 19.0 Å². The van der Waals surface area contributed by atoms with Crippen LogP contribution < -0.4 is 0 Å². The minimum atomic E-state index is 0.175. The first kappa shape index (κ1) is 23.7. The van der Waals surface area contributed by atoms with Crippen LogP contribution in [-0.2, 0) is 4.79 Å². The average Bonchev–Trinajstić information content (AvgIpc) is 2.76. The van der Waals surface area contributed by atoms with Crippen molar-refractivity contribution in [3.63, 3.8) is 0 Å². The van der Waals surface area contributed by atoms with Gasteiger partial charge in [0.15, 0.2) is 0 Å². The van der Waals surface area contributed by atoms with Gasteiger partial charge in [-0.15, -0.1) is 23.5 Å². The highest BCUT2D eigenvalue weighted by atomic mass is 35.5. The molecule has 6 heteroatoms. The highest BCUT2D eigenvalue weighted by molar-refractivity contribution is 8.16. The van der Waals surface area contributed by atoms with Crippen LogP contribution in [0.15, 0.2) is 54.6 Å². The Bertz CT molecular complexity index is 1070. The number of carbonyl (C=O) groups is 1. The van der Waals surface area contributed by atoms with Gasteiger partial charge in [-0.3, -0.25) is 4.79 Å². The fourth-order valence-electron chi connectivity index (χ4n) is 3.06. The Morgan fingerprint density at radius 2 is 1.90 bits per heavy atom. The van der Waals surface area contributed by atoms with Gasteiger partial charge in [0.1, 0.15) is 0 Å². The van der Waals surface area contributed by atoms with Crippen molar-refractivity contribution < 1.29 is 4.79 Å². The maximum atomic E-state index is 11.9. The highest BCUT2D eigenvalue weighted by Crippen LogP contribution is 2.40. The molecule has 31 heavy (non-hydrogen) atoms. The smallest absolute Gasteiger partial charge is 0.222 e. The van der Waals surface area contributed by atoms with E-state index in [0.29, 0.717) is 16.0 Å². The second-order valence-corrected chi connectivity index (χ2v) is 10.6. The molecular formula is C25H27ClN2OS2. The second kappa shape index (κ2) is 11.6. The van der Waals surface area contributed by atoms with E-state index in [2.05, 4.69) is 43.3 Å². The predicted molar refractivity (Wildman–Crippen MR) is 139 cm³/mol. The lowest BCUT2D eigenvalue weighted by Gasteiger charge is -2.17. The number of rotatable bonds is 9. The molecule has 0 aliphatic rings. The number of hydrogen-bond donors (Lipinski definition) is 0. The maximum absolute atomic E-state index is 11.9. The monoisotopic (exact) mass is 470 g/mol. The molecule has 1 atom stereocenters. The Hall–Kier alpha value is -1.95. The van der Waals surface area contributed by atoms with E-state index >= 15 is 0 Å². The molecule has 3 nitrogen and oxygen atoms in total. The van der Waals surface area contributed by atoms with Crippen molar-refractivity contribution in [2.75, 3.05) is 25.6 Å². The Kier molecular flexibility index (Phi) is 8.88. The zero-order valence-electron chi connectivity index (χ0n) is 18.0. The first-order valence-electron chi connectivity index (χ1n) is 10.2. The van der Waals surface area contributed by atoms with E-state index in [1.165, 1.54) is 5.56 Å². The molecule has 0 radical (unpaired) electrons.